The lowest BCUT2D eigenvalue weighted by Gasteiger charge is -2.23. The third kappa shape index (κ3) is 6.56. The summed E-state index contributed by atoms with van der Waals surface area (Å²) in [5.41, 5.74) is 1.18. The lowest BCUT2D eigenvalue weighted by Crippen LogP contribution is -2.43. The van der Waals surface area contributed by atoms with E-state index >= 15 is 0 Å². The molecule has 7 heteroatoms. The molecule has 128 valence electrons. The van der Waals surface area contributed by atoms with E-state index in [1.807, 2.05) is 6.92 Å². The molecule has 0 bridgehead atoms. The number of carbonyl (C=O) groups is 2. The Hall–Kier alpha value is -1.63. The van der Waals surface area contributed by atoms with Crippen molar-refractivity contribution in [3.05, 3.63) is 29.8 Å². The number of halogens is 1. The molecule has 1 fully saturated rings. The molecule has 3 N–H and O–H groups in total. The average Bonchev–Trinajstić information content (AvgIpc) is 2.53. The van der Waals surface area contributed by atoms with Gasteiger partial charge in [-0.1, -0.05) is 13.0 Å². The van der Waals surface area contributed by atoms with E-state index in [1.165, 1.54) is 0 Å². The van der Waals surface area contributed by atoms with Gasteiger partial charge in [0, 0.05) is 36.8 Å². The normalized spacial score (nSPS) is 17.0. The van der Waals surface area contributed by atoms with Gasteiger partial charge < -0.3 is 20.7 Å². The first-order valence-electron chi connectivity index (χ1n) is 7.68. The highest BCUT2D eigenvalue weighted by molar-refractivity contribution is 5.97. The quantitative estimate of drug-likeness (QED) is 0.733. The molecule has 0 saturated carbocycles. The van der Waals surface area contributed by atoms with Crippen LogP contribution in [0.2, 0.25) is 0 Å². The van der Waals surface area contributed by atoms with Crippen LogP contribution in [0.4, 0.5) is 5.69 Å². The van der Waals surface area contributed by atoms with Gasteiger partial charge in [0.1, 0.15) is 0 Å². The molecule has 1 aromatic rings. The summed E-state index contributed by atoms with van der Waals surface area (Å²) in [4.78, 5) is 23.9. The number of hydrogen-bond acceptors (Lipinski definition) is 4. The van der Waals surface area contributed by atoms with Crippen LogP contribution < -0.4 is 16.0 Å². The smallest absolute Gasteiger partial charge is 0.251 e. The fourth-order valence-electron chi connectivity index (χ4n) is 2.27. The predicted molar refractivity (Wildman–Crippen MR) is 92.2 cm³/mol. The Bertz CT molecular complexity index is 519. The molecule has 0 spiro atoms. The number of hydrogen-bond donors (Lipinski definition) is 3. The van der Waals surface area contributed by atoms with Gasteiger partial charge >= 0.3 is 0 Å². The van der Waals surface area contributed by atoms with E-state index < -0.39 is 0 Å². The van der Waals surface area contributed by atoms with Crippen LogP contribution in [0.1, 0.15) is 30.1 Å². The van der Waals surface area contributed by atoms with E-state index in [0.29, 0.717) is 37.4 Å². The van der Waals surface area contributed by atoms with Crippen molar-refractivity contribution < 1.29 is 14.3 Å². The van der Waals surface area contributed by atoms with Crippen molar-refractivity contribution in [3.63, 3.8) is 0 Å². The molecule has 1 aliphatic heterocycles. The van der Waals surface area contributed by atoms with E-state index in [4.69, 9.17) is 4.74 Å². The average molecular weight is 342 g/mol. The highest BCUT2D eigenvalue weighted by atomic mass is 35.5. The summed E-state index contributed by atoms with van der Waals surface area (Å²) in [6.45, 7) is 4.65. The molecule has 1 saturated heterocycles. The van der Waals surface area contributed by atoms with Crippen LogP contribution in [0, 0.1) is 0 Å². The minimum Gasteiger partial charge on any atom is -0.378 e. The molecule has 1 aliphatic rings. The van der Waals surface area contributed by atoms with Gasteiger partial charge in [-0.25, -0.2) is 0 Å². The molecule has 1 atom stereocenters. The van der Waals surface area contributed by atoms with E-state index in [1.54, 1.807) is 24.3 Å². The number of ether oxygens (including phenoxy) is 1. The summed E-state index contributed by atoms with van der Waals surface area (Å²) in [6.07, 6.45) is 1.24. The molecule has 0 aliphatic carbocycles. The van der Waals surface area contributed by atoms with Crippen molar-refractivity contribution in [1.82, 2.24) is 10.6 Å². The third-order valence-corrected chi connectivity index (χ3v) is 3.37. The molecular formula is C16H24ClN3O3. The van der Waals surface area contributed by atoms with Crippen LogP contribution in [0.15, 0.2) is 24.3 Å². The van der Waals surface area contributed by atoms with Crippen molar-refractivity contribution in [2.45, 2.75) is 25.8 Å². The minimum atomic E-state index is -0.125. The number of amides is 2. The fourth-order valence-corrected chi connectivity index (χ4v) is 2.27. The topological polar surface area (TPSA) is 79.5 Å². The van der Waals surface area contributed by atoms with Crippen molar-refractivity contribution in [1.29, 1.82) is 0 Å². The molecule has 1 aromatic carbocycles. The van der Waals surface area contributed by atoms with Gasteiger partial charge in [0.25, 0.3) is 5.91 Å². The van der Waals surface area contributed by atoms with Crippen LogP contribution in [-0.2, 0) is 9.53 Å². The lowest BCUT2D eigenvalue weighted by atomic mass is 10.1. The number of benzene rings is 1. The van der Waals surface area contributed by atoms with E-state index in [-0.39, 0.29) is 30.3 Å². The molecule has 2 rings (SSSR count). The van der Waals surface area contributed by atoms with E-state index in [9.17, 15) is 9.59 Å². The fraction of sp³-hybridized carbons (Fsp3) is 0.500. The summed E-state index contributed by atoms with van der Waals surface area (Å²) in [6, 6.07) is 7.01. The van der Waals surface area contributed by atoms with Gasteiger partial charge in [-0.15, -0.1) is 12.4 Å². The van der Waals surface area contributed by atoms with Crippen molar-refractivity contribution in [2.75, 3.05) is 31.6 Å². The molecule has 1 unspecified atom stereocenters. The van der Waals surface area contributed by atoms with Crippen LogP contribution in [0.5, 0.6) is 0 Å². The van der Waals surface area contributed by atoms with E-state index in [2.05, 4.69) is 16.0 Å². The Morgan fingerprint density at radius 2 is 2.22 bits per heavy atom. The molecule has 0 aromatic heterocycles. The molecule has 0 radical (unpaired) electrons. The lowest BCUT2D eigenvalue weighted by molar-refractivity contribution is -0.117. The zero-order valence-corrected chi connectivity index (χ0v) is 14.1. The summed E-state index contributed by atoms with van der Waals surface area (Å²) in [7, 11) is 0. The summed E-state index contributed by atoms with van der Waals surface area (Å²) in [5.74, 6) is -0.214. The standard InChI is InChI=1S/C16H23N3O3.ClH/c1-2-6-18-16(21)12-4-3-5-13(9-12)19-15(20)10-14-11-22-8-7-17-14;/h3-5,9,14,17H,2,6-8,10-11H2,1H3,(H,18,21)(H,19,20);1H. The maximum Gasteiger partial charge on any atom is 0.251 e. The number of morpholine rings is 1. The molecular weight excluding hydrogens is 318 g/mol. The SMILES string of the molecule is CCCNC(=O)c1cccc(NC(=O)CC2COCCN2)c1.Cl. The van der Waals surface area contributed by atoms with Gasteiger partial charge in [0.2, 0.25) is 5.91 Å². The first-order valence-corrected chi connectivity index (χ1v) is 7.68. The Labute approximate surface area is 142 Å². The van der Waals surface area contributed by atoms with Crippen LogP contribution in [0.3, 0.4) is 0 Å². The molecule has 2 amide bonds. The highest BCUT2D eigenvalue weighted by Crippen LogP contribution is 2.12. The van der Waals surface area contributed by atoms with Crippen molar-refractivity contribution in [3.8, 4) is 0 Å². The third-order valence-electron chi connectivity index (χ3n) is 3.37. The zero-order valence-electron chi connectivity index (χ0n) is 13.3. The minimum absolute atomic E-state index is 0. The predicted octanol–water partition coefficient (Wildman–Crippen LogP) is 1.57. The van der Waals surface area contributed by atoms with Gasteiger partial charge in [-0.05, 0) is 24.6 Å². The maximum absolute atomic E-state index is 12.0. The number of carbonyl (C=O) groups excluding carboxylic acids is 2. The Morgan fingerprint density at radius 1 is 1.39 bits per heavy atom. The van der Waals surface area contributed by atoms with Gasteiger partial charge in [0.15, 0.2) is 0 Å². The number of nitrogens with one attached hydrogen (secondary N) is 3. The monoisotopic (exact) mass is 341 g/mol. The Kier molecular flexibility index (Phi) is 8.61. The molecule has 23 heavy (non-hydrogen) atoms. The highest BCUT2D eigenvalue weighted by Gasteiger charge is 2.17. The second-order valence-corrected chi connectivity index (χ2v) is 5.31. The van der Waals surface area contributed by atoms with Gasteiger partial charge in [0.05, 0.1) is 13.2 Å². The first kappa shape index (κ1) is 19.4. The number of anilines is 1. The van der Waals surface area contributed by atoms with Crippen LogP contribution >= 0.6 is 12.4 Å². The van der Waals surface area contributed by atoms with Crippen LogP contribution in [-0.4, -0.2) is 44.2 Å². The second-order valence-electron chi connectivity index (χ2n) is 5.31. The Morgan fingerprint density at radius 3 is 2.91 bits per heavy atom. The van der Waals surface area contributed by atoms with Crippen molar-refractivity contribution in [2.24, 2.45) is 0 Å². The number of rotatable bonds is 6. The summed E-state index contributed by atoms with van der Waals surface area (Å²) >= 11 is 0. The first-order chi connectivity index (χ1) is 10.7. The molecule has 6 nitrogen and oxygen atoms in total. The summed E-state index contributed by atoms with van der Waals surface area (Å²) < 4.78 is 5.33. The van der Waals surface area contributed by atoms with Crippen LogP contribution in [0.25, 0.3) is 0 Å². The Balaban J connectivity index is 0.00000264. The second kappa shape index (κ2) is 10.2. The molecule has 1 heterocycles. The largest absolute Gasteiger partial charge is 0.378 e. The maximum atomic E-state index is 12.0. The van der Waals surface area contributed by atoms with E-state index in [0.717, 1.165) is 13.0 Å². The summed E-state index contributed by atoms with van der Waals surface area (Å²) in [5, 5.41) is 8.88. The van der Waals surface area contributed by atoms with Gasteiger partial charge in [-0.2, -0.15) is 0 Å². The zero-order chi connectivity index (χ0) is 15.8. The van der Waals surface area contributed by atoms with Gasteiger partial charge in [-0.3, -0.25) is 9.59 Å². The van der Waals surface area contributed by atoms with Crippen molar-refractivity contribution >= 4 is 29.9 Å².